The molecule has 1 aromatic carbocycles. The minimum absolute atomic E-state index is 0.386. The second kappa shape index (κ2) is 7.13. The topological polar surface area (TPSA) is 15.3 Å². The second-order valence-corrected chi connectivity index (χ2v) is 7.77. The maximum absolute atomic E-state index is 6.10. The van der Waals surface area contributed by atoms with Gasteiger partial charge in [-0.3, -0.25) is 0 Å². The van der Waals surface area contributed by atoms with E-state index >= 15 is 0 Å². The summed E-state index contributed by atoms with van der Waals surface area (Å²) in [5.74, 6) is 0.830. The fourth-order valence-corrected chi connectivity index (χ4v) is 3.45. The lowest BCUT2D eigenvalue weighted by Crippen LogP contribution is -2.29. The third-order valence-corrected chi connectivity index (χ3v) is 5.07. The van der Waals surface area contributed by atoms with Crippen LogP contribution in [0.15, 0.2) is 24.3 Å². The highest BCUT2D eigenvalue weighted by Gasteiger charge is 2.31. The summed E-state index contributed by atoms with van der Waals surface area (Å²) < 4.78 is 0. The van der Waals surface area contributed by atoms with Crippen LogP contribution in [0.25, 0.3) is 0 Å². The van der Waals surface area contributed by atoms with Gasteiger partial charge in [0.05, 0.1) is 0 Å². The number of nitrogens with zero attached hydrogens (tertiary/aromatic N) is 1. The first-order chi connectivity index (χ1) is 9.90. The lowest BCUT2D eigenvalue weighted by molar-refractivity contribution is 0.225. The standard InChI is InChI=1S/C18H29ClN2/c1-18(2,3)15-8-10-21(13-15)11-9-17(20-4)14-6-5-7-16(19)12-14/h5-7,12,15,17,20H,8-11,13H2,1-4H3. The summed E-state index contributed by atoms with van der Waals surface area (Å²) in [6.07, 6.45) is 2.47. The summed E-state index contributed by atoms with van der Waals surface area (Å²) in [5, 5.41) is 4.25. The van der Waals surface area contributed by atoms with Crippen LogP contribution in [-0.2, 0) is 0 Å². The van der Waals surface area contributed by atoms with Gasteiger partial charge in [0.2, 0.25) is 0 Å². The Kier molecular flexibility index (Phi) is 5.70. The molecule has 0 amide bonds. The molecule has 0 aliphatic carbocycles. The van der Waals surface area contributed by atoms with Crippen molar-refractivity contribution in [3.63, 3.8) is 0 Å². The van der Waals surface area contributed by atoms with Crippen LogP contribution in [0.2, 0.25) is 5.02 Å². The molecule has 0 radical (unpaired) electrons. The summed E-state index contributed by atoms with van der Waals surface area (Å²) in [6, 6.07) is 8.59. The predicted octanol–water partition coefficient (Wildman–Crippen LogP) is 4.36. The molecule has 1 N–H and O–H groups in total. The first-order valence-corrected chi connectivity index (χ1v) is 8.43. The molecule has 1 fully saturated rings. The molecule has 0 aromatic heterocycles. The molecular formula is C18H29ClN2. The van der Waals surface area contributed by atoms with Crippen LogP contribution in [0.1, 0.15) is 45.2 Å². The summed E-state index contributed by atoms with van der Waals surface area (Å²) in [7, 11) is 2.04. The van der Waals surface area contributed by atoms with E-state index in [4.69, 9.17) is 11.6 Å². The molecule has 2 unspecified atom stereocenters. The van der Waals surface area contributed by atoms with Crippen molar-refractivity contribution in [2.24, 2.45) is 11.3 Å². The van der Waals surface area contributed by atoms with Gasteiger partial charge < -0.3 is 10.2 Å². The predicted molar refractivity (Wildman–Crippen MR) is 91.9 cm³/mol. The Balaban J connectivity index is 1.87. The van der Waals surface area contributed by atoms with E-state index in [0.29, 0.717) is 11.5 Å². The van der Waals surface area contributed by atoms with Gasteiger partial charge in [0, 0.05) is 17.6 Å². The van der Waals surface area contributed by atoms with E-state index in [-0.39, 0.29) is 0 Å². The Labute approximate surface area is 134 Å². The van der Waals surface area contributed by atoms with Crippen LogP contribution in [0.4, 0.5) is 0 Å². The lowest BCUT2D eigenvalue weighted by atomic mass is 9.80. The highest BCUT2D eigenvalue weighted by atomic mass is 35.5. The summed E-state index contributed by atoms with van der Waals surface area (Å²) >= 11 is 6.10. The van der Waals surface area contributed by atoms with E-state index in [1.165, 1.54) is 25.1 Å². The van der Waals surface area contributed by atoms with E-state index < -0.39 is 0 Å². The Bertz CT molecular complexity index is 453. The van der Waals surface area contributed by atoms with E-state index in [1.54, 1.807) is 0 Å². The van der Waals surface area contributed by atoms with Gasteiger partial charge in [-0.15, -0.1) is 0 Å². The van der Waals surface area contributed by atoms with E-state index in [0.717, 1.165) is 23.9 Å². The first-order valence-electron chi connectivity index (χ1n) is 8.05. The number of nitrogens with one attached hydrogen (secondary N) is 1. The SMILES string of the molecule is CNC(CCN1CCC(C(C)(C)C)C1)c1cccc(Cl)c1. The number of benzene rings is 1. The monoisotopic (exact) mass is 308 g/mol. The van der Waals surface area contributed by atoms with E-state index in [1.807, 2.05) is 19.2 Å². The average Bonchev–Trinajstić information content (AvgIpc) is 2.88. The molecule has 1 aliphatic heterocycles. The van der Waals surface area contributed by atoms with Crippen molar-refractivity contribution in [2.75, 3.05) is 26.7 Å². The third kappa shape index (κ3) is 4.70. The van der Waals surface area contributed by atoms with Gasteiger partial charge in [0.15, 0.2) is 0 Å². The van der Waals surface area contributed by atoms with Crippen LogP contribution >= 0.6 is 11.6 Å². The first kappa shape index (κ1) is 16.8. The van der Waals surface area contributed by atoms with Crippen LogP contribution < -0.4 is 5.32 Å². The number of hydrogen-bond acceptors (Lipinski definition) is 2. The molecule has 0 saturated carbocycles. The van der Waals surface area contributed by atoms with Crippen LogP contribution in [0, 0.1) is 11.3 Å². The van der Waals surface area contributed by atoms with Crippen molar-refractivity contribution in [1.82, 2.24) is 10.2 Å². The van der Waals surface area contributed by atoms with E-state index in [2.05, 4.69) is 43.1 Å². The molecule has 2 nitrogen and oxygen atoms in total. The molecule has 0 spiro atoms. The third-order valence-electron chi connectivity index (χ3n) is 4.83. The highest BCUT2D eigenvalue weighted by Crippen LogP contribution is 2.34. The fraction of sp³-hybridized carbons (Fsp3) is 0.667. The maximum Gasteiger partial charge on any atom is 0.0409 e. The molecule has 0 bridgehead atoms. The molecule has 3 heteroatoms. The largest absolute Gasteiger partial charge is 0.313 e. The van der Waals surface area contributed by atoms with Crippen molar-refractivity contribution in [3.8, 4) is 0 Å². The second-order valence-electron chi connectivity index (χ2n) is 7.34. The Morgan fingerprint density at radius 3 is 2.71 bits per heavy atom. The van der Waals surface area contributed by atoms with Crippen LogP contribution in [0.3, 0.4) is 0 Å². The zero-order valence-electron chi connectivity index (χ0n) is 13.8. The molecule has 1 aromatic rings. The van der Waals surface area contributed by atoms with Gasteiger partial charge in [-0.2, -0.15) is 0 Å². The quantitative estimate of drug-likeness (QED) is 0.869. The molecular weight excluding hydrogens is 280 g/mol. The van der Waals surface area contributed by atoms with Crippen molar-refractivity contribution < 1.29 is 0 Å². The van der Waals surface area contributed by atoms with Crippen LogP contribution in [0.5, 0.6) is 0 Å². The van der Waals surface area contributed by atoms with Crippen molar-refractivity contribution in [1.29, 1.82) is 0 Å². The molecule has 1 heterocycles. The van der Waals surface area contributed by atoms with Gasteiger partial charge >= 0.3 is 0 Å². The van der Waals surface area contributed by atoms with Crippen molar-refractivity contribution >= 4 is 11.6 Å². The smallest absolute Gasteiger partial charge is 0.0409 e. The molecule has 2 rings (SSSR count). The Morgan fingerprint density at radius 1 is 1.38 bits per heavy atom. The minimum atomic E-state index is 0.386. The van der Waals surface area contributed by atoms with Gasteiger partial charge in [0.1, 0.15) is 0 Å². The summed E-state index contributed by atoms with van der Waals surface area (Å²) in [6.45, 7) is 10.7. The molecule has 21 heavy (non-hydrogen) atoms. The lowest BCUT2D eigenvalue weighted by Gasteiger charge is -2.27. The summed E-state index contributed by atoms with van der Waals surface area (Å²) in [5.41, 5.74) is 1.72. The van der Waals surface area contributed by atoms with E-state index in [9.17, 15) is 0 Å². The molecule has 1 saturated heterocycles. The van der Waals surface area contributed by atoms with Crippen LogP contribution in [-0.4, -0.2) is 31.6 Å². The zero-order valence-corrected chi connectivity index (χ0v) is 14.6. The normalized spacial score (nSPS) is 21.7. The Hall–Kier alpha value is -0.570. The van der Waals surface area contributed by atoms with Gasteiger partial charge in [0.25, 0.3) is 0 Å². The number of hydrogen-bond donors (Lipinski definition) is 1. The van der Waals surface area contributed by atoms with Gasteiger partial charge in [-0.1, -0.05) is 44.5 Å². The maximum atomic E-state index is 6.10. The molecule has 2 atom stereocenters. The Morgan fingerprint density at radius 2 is 2.14 bits per heavy atom. The zero-order chi connectivity index (χ0) is 15.5. The fourth-order valence-electron chi connectivity index (χ4n) is 3.26. The number of likely N-dealkylation sites (tertiary alicyclic amines) is 1. The highest BCUT2D eigenvalue weighted by molar-refractivity contribution is 6.30. The van der Waals surface area contributed by atoms with Gasteiger partial charge in [-0.25, -0.2) is 0 Å². The van der Waals surface area contributed by atoms with Crippen molar-refractivity contribution in [2.45, 2.75) is 39.7 Å². The summed E-state index contributed by atoms with van der Waals surface area (Å²) in [4.78, 5) is 2.62. The molecule has 118 valence electrons. The van der Waals surface area contributed by atoms with Gasteiger partial charge in [-0.05, 0) is 62.0 Å². The average molecular weight is 309 g/mol. The number of halogens is 1. The molecule has 1 aliphatic rings. The minimum Gasteiger partial charge on any atom is -0.313 e. The number of rotatable bonds is 5. The van der Waals surface area contributed by atoms with Crippen molar-refractivity contribution in [3.05, 3.63) is 34.9 Å².